The fraction of sp³-hybridized carbons (Fsp3) is 0.462. The summed E-state index contributed by atoms with van der Waals surface area (Å²) in [5.74, 6) is 1.09. The van der Waals surface area contributed by atoms with E-state index in [2.05, 4.69) is 34.2 Å². The van der Waals surface area contributed by atoms with Crippen molar-refractivity contribution < 1.29 is 0 Å². The van der Waals surface area contributed by atoms with E-state index in [1.807, 2.05) is 19.3 Å². The molecule has 0 unspecified atom stereocenters. The van der Waals surface area contributed by atoms with Gasteiger partial charge < -0.3 is 5.32 Å². The number of hydrogen-bond donors (Lipinski definition) is 1. The van der Waals surface area contributed by atoms with Crippen molar-refractivity contribution in [1.29, 1.82) is 0 Å². The van der Waals surface area contributed by atoms with Gasteiger partial charge in [0, 0.05) is 31.8 Å². The predicted octanol–water partition coefficient (Wildman–Crippen LogP) is 2.64. The molecule has 0 aromatic carbocycles. The highest BCUT2D eigenvalue weighted by Crippen LogP contribution is 2.27. The maximum absolute atomic E-state index is 6.12. The van der Waals surface area contributed by atoms with Crippen molar-refractivity contribution in [2.75, 3.05) is 11.9 Å². The number of aromatic nitrogens is 4. The molecule has 5 nitrogen and oxygen atoms in total. The molecule has 2 aromatic rings. The van der Waals surface area contributed by atoms with Crippen LogP contribution < -0.4 is 5.32 Å². The van der Waals surface area contributed by atoms with Gasteiger partial charge in [-0.05, 0) is 12.0 Å². The second-order valence-corrected chi connectivity index (χ2v) is 5.10. The molecule has 19 heavy (non-hydrogen) atoms. The molecule has 0 saturated heterocycles. The molecule has 102 valence electrons. The van der Waals surface area contributed by atoms with Crippen LogP contribution in [0.5, 0.6) is 0 Å². The minimum atomic E-state index is 0.283. The Morgan fingerprint density at radius 3 is 2.79 bits per heavy atom. The first-order valence-electron chi connectivity index (χ1n) is 6.30. The predicted molar refractivity (Wildman–Crippen MR) is 76.5 cm³/mol. The zero-order valence-corrected chi connectivity index (χ0v) is 12.1. The molecule has 2 aromatic heterocycles. The summed E-state index contributed by atoms with van der Waals surface area (Å²) in [6.07, 6.45) is 4.27. The van der Waals surface area contributed by atoms with Crippen molar-refractivity contribution in [3.05, 3.63) is 35.0 Å². The summed E-state index contributed by atoms with van der Waals surface area (Å²) in [4.78, 5) is 8.29. The molecule has 0 aliphatic carbocycles. The van der Waals surface area contributed by atoms with Crippen LogP contribution in [0.2, 0.25) is 5.15 Å². The number of rotatable bonds is 5. The summed E-state index contributed by atoms with van der Waals surface area (Å²) in [6, 6.07) is 2.01. The minimum absolute atomic E-state index is 0.283. The summed E-state index contributed by atoms with van der Waals surface area (Å²) >= 11 is 6.12. The molecule has 0 amide bonds. The molecular weight excluding hydrogens is 262 g/mol. The summed E-state index contributed by atoms with van der Waals surface area (Å²) < 4.78 is 1.80. The van der Waals surface area contributed by atoms with Crippen molar-refractivity contribution in [3.63, 3.8) is 0 Å². The largest absolute Gasteiger partial charge is 0.369 e. The molecule has 0 radical (unpaired) electrons. The number of halogens is 1. The zero-order valence-electron chi connectivity index (χ0n) is 11.4. The Hall–Kier alpha value is -1.62. The zero-order chi connectivity index (χ0) is 13.8. The number of anilines is 1. The number of nitrogens with zero attached hydrogens (tertiary/aromatic N) is 4. The van der Waals surface area contributed by atoms with Crippen molar-refractivity contribution >= 4 is 17.4 Å². The molecule has 0 saturated carbocycles. The highest BCUT2D eigenvalue weighted by Gasteiger charge is 2.13. The van der Waals surface area contributed by atoms with E-state index in [1.54, 1.807) is 4.68 Å². The van der Waals surface area contributed by atoms with Crippen LogP contribution in [0.3, 0.4) is 0 Å². The van der Waals surface area contributed by atoms with Gasteiger partial charge in [0.15, 0.2) is 0 Å². The molecule has 1 N–H and O–H groups in total. The average molecular weight is 280 g/mol. The highest BCUT2D eigenvalue weighted by molar-refractivity contribution is 6.30. The standard InChI is InChI=1S/C13H18ClN5/c1-9(2)11-12(14)16-8-17-13(11)15-6-4-10-5-7-19(3)18-10/h5,7-9H,4,6H2,1-3H3,(H,15,16,17). The van der Waals surface area contributed by atoms with Crippen molar-refractivity contribution in [3.8, 4) is 0 Å². The molecule has 2 heterocycles. The maximum Gasteiger partial charge on any atom is 0.138 e. The monoisotopic (exact) mass is 279 g/mol. The number of hydrogen-bond acceptors (Lipinski definition) is 4. The SMILES string of the molecule is CC(C)c1c(Cl)ncnc1NCCc1ccn(C)n1. The van der Waals surface area contributed by atoms with Gasteiger partial charge in [-0.3, -0.25) is 4.68 Å². The van der Waals surface area contributed by atoms with E-state index in [0.29, 0.717) is 5.15 Å². The Labute approximate surface area is 118 Å². The van der Waals surface area contributed by atoms with Crippen molar-refractivity contribution in [2.45, 2.75) is 26.2 Å². The van der Waals surface area contributed by atoms with Crippen LogP contribution in [0.25, 0.3) is 0 Å². The molecule has 6 heteroatoms. The lowest BCUT2D eigenvalue weighted by Crippen LogP contribution is -2.10. The van der Waals surface area contributed by atoms with Crippen LogP contribution in [-0.2, 0) is 13.5 Å². The van der Waals surface area contributed by atoms with Crippen LogP contribution in [-0.4, -0.2) is 26.3 Å². The molecule has 0 atom stereocenters. The summed E-state index contributed by atoms with van der Waals surface area (Å²) in [5.41, 5.74) is 2.02. The smallest absolute Gasteiger partial charge is 0.138 e. The van der Waals surface area contributed by atoms with E-state index >= 15 is 0 Å². The quantitative estimate of drug-likeness (QED) is 0.855. The Kier molecular flexibility index (Phi) is 4.37. The van der Waals surface area contributed by atoms with E-state index in [1.165, 1.54) is 6.33 Å². The van der Waals surface area contributed by atoms with E-state index in [-0.39, 0.29) is 5.92 Å². The third kappa shape index (κ3) is 3.44. The van der Waals surface area contributed by atoms with Crippen LogP contribution in [0.15, 0.2) is 18.6 Å². The fourth-order valence-electron chi connectivity index (χ4n) is 1.93. The van der Waals surface area contributed by atoms with E-state index in [4.69, 9.17) is 11.6 Å². The molecule has 2 rings (SSSR count). The van der Waals surface area contributed by atoms with Gasteiger partial charge in [-0.25, -0.2) is 9.97 Å². The van der Waals surface area contributed by atoms with Crippen LogP contribution in [0.1, 0.15) is 31.0 Å². The fourth-order valence-corrected chi connectivity index (χ4v) is 2.28. The van der Waals surface area contributed by atoms with Crippen LogP contribution >= 0.6 is 11.6 Å². The van der Waals surface area contributed by atoms with Crippen molar-refractivity contribution in [1.82, 2.24) is 19.7 Å². The van der Waals surface area contributed by atoms with Gasteiger partial charge in [0.1, 0.15) is 17.3 Å². The number of aryl methyl sites for hydroxylation is 1. The number of nitrogens with one attached hydrogen (secondary N) is 1. The van der Waals surface area contributed by atoms with Gasteiger partial charge >= 0.3 is 0 Å². The first-order valence-corrected chi connectivity index (χ1v) is 6.68. The molecule has 0 spiro atoms. The van der Waals surface area contributed by atoms with Crippen LogP contribution in [0, 0.1) is 0 Å². The second kappa shape index (κ2) is 6.02. The van der Waals surface area contributed by atoms with E-state index in [0.717, 1.165) is 30.0 Å². The highest BCUT2D eigenvalue weighted by atomic mass is 35.5. The topological polar surface area (TPSA) is 55.6 Å². The molecular formula is C13H18ClN5. The van der Waals surface area contributed by atoms with E-state index < -0.39 is 0 Å². The molecule has 0 aliphatic rings. The van der Waals surface area contributed by atoms with Crippen molar-refractivity contribution in [2.24, 2.45) is 7.05 Å². The second-order valence-electron chi connectivity index (χ2n) is 4.74. The summed E-state index contributed by atoms with van der Waals surface area (Å²) in [6.45, 7) is 4.92. The Bertz CT molecular complexity index is 550. The Morgan fingerprint density at radius 2 is 2.16 bits per heavy atom. The lowest BCUT2D eigenvalue weighted by molar-refractivity contribution is 0.741. The van der Waals surface area contributed by atoms with Gasteiger partial charge in [-0.15, -0.1) is 0 Å². The van der Waals surface area contributed by atoms with Gasteiger partial charge in [-0.2, -0.15) is 5.10 Å². The third-order valence-electron chi connectivity index (χ3n) is 2.86. The Morgan fingerprint density at radius 1 is 1.37 bits per heavy atom. The summed E-state index contributed by atoms with van der Waals surface area (Å²) in [7, 11) is 1.91. The normalized spacial score (nSPS) is 11.0. The average Bonchev–Trinajstić information content (AvgIpc) is 2.74. The van der Waals surface area contributed by atoms with E-state index in [9.17, 15) is 0 Å². The minimum Gasteiger partial charge on any atom is -0.369 e. The van der Waals surface area contributed by atoms with Gasteiger partial charge in [0.25, 0.3) is 0 Å². The molecule has 0 aliphatic heterocycles. The van der Waals surface area contributed by atoms with Gasteiger partial charge in [0.2, 0.25) is 0 Å². The third-order valence-corrected chi connectivity index (χ3v) is 3.16. The molecule has 0 bridgehead atoms. The Balaban J connectivity index is 2.01. The van der Waals surface area contributed by atoms with Gasteiger partial charge in [0.05, 0.1) is 5.69 Å². The van der Waals surface area contributed by atoms with Crippen LogP contribution in [0.4, 0.5) is 5.82 Å². The lowest BCUT2D eigenvalue weighted by atomic mass is 10.1. The first kappa shape index (κ1) is 13.8. The maximum atomic E-state index is 6.12. The molecule has 0 fully saturated rings. The first-order chi connectivity index (χ1) is 9.08. The van der Waals surface area contributed by atoms with Gasteiger partial charge in [-0.1, -0.05) is 25.4 Å². The summed E-state index contributed by atoms with van der Waals surface area (Å²) in [5, 5.41) is 8.16. The lowest BCUT2D eigenvalue weighted by Gasteiger charge is -2.13.